The van der Waals surface area contributed by atoms with Gasteiger partial charge in [0.05, 0.1) is 30.5 Å². The minimum atomic E-state index is -2.40. The van der Waals surface area contributed by atoms with E-state index in [1.165, 1.54) is 4.90 Å². The maximum Gasteiger partial charge on any atom is 0.329 e. The molecule has 0 unspecified atom stereocenters. The number of fused-ring (bicyclic) bond motifs is 3. The topological polar surface area (TPSA) is 158 Å². The SMILES string of the molecule is C=CC[C@@H]1/C=C(\C)C[C@H](C)CC[C@H]2O[C@@](O)(C(=O)C(=O)N3CCCC[C@H]3C(=O)O[C@H](/C(C)=C/[C@@H]3CC[C@@H](OC)[C@H](OC)C3)[C@H](C)[C@@H](O)CC1=O)[C@H](C)C[C@@H]2OC. The van der Waals surface area contributed by atoms with Gasteiger partial charge in [-0.15, -0.1) is 6.58 Å². The van der Waals surface area contributed by atoms with E-state index >= 15 is 0 Å². The predicted octanol–water partition coefficient (Wildman–Crippen LogP) is 5.67. The molecule has 1 amide bonds. The number of piperidine rings is 1. The normalized spacial score (nSPS) is 40.1. The fourth-order valence-electron chi connectivity index (χ4n) is 9.37. The van der Waals surface area contributed by atoms with Crippen molar-refractivity contribution in [1.29, 1.82) is 0 Å². The van der Waals surface area contributed by atoms with Crippen molar-refractivity contribution in [1.82, 2.24) is 4.90 Å². The van der Waals surface area contributed by atoms with Gasteiger partial charge in [-0.2, -0.15) is 0 Å². The highest BCUT2D eigenvalue weighted by Crippen LogP contribution is 2.38. The van der Waals surface area contributed by atoms with Crippen LogP contribution in [0.2, 0.25) is 0 Å². The van der Waals surface area contributed by atoms with Gasteiger partial charge in [0.25, 0.3) is 11.7 Å². The van der Waals surface area contributed by atoms with Crippen LogP contribution in [0.25, 0.3) is 0 Å². The Morgan fingerprint density at radius 2 is 1.64 bits per heavy atom. The molecule has 4 aliphatic rings. The van der Waals surface area contributed by atoms with Crippen molar-refractivity contribution in [3.8, 4) is 0 Å². The van der Waals surface area contributed by atoms with Crippen molar-refractivity contribution in [2.75, 3.05) is 27.9 Å². The Bertz CT molecular complexity index is 1440. The molecule has 1 saturated carbocycles. The molecule has 4 rings (SSSR count). The fraction of sp³-hybridized carbons (Fsp3) is 0.773. The molecule has 2 saturated heterocycles. The minimum Gasteiger partial charge on any atom is -0.456 e. The van der Waals surface area contributed by atoms with Crippen molar-refractivity contribution in [3.63, 3.8) is 0 Å². The average Bonchev–Trinajstić information content (AvgIpc) is 3.18. The number of amides is 1. The number of cyclic esters (lactones) is 1. The number of methoxy groups -OCH3 is 3. The first-order chi connectivity index (χ1) is 26.6. The number of rotatable bonds is 7. The Kier molecular flexibility index (Phi) is 17.1. The van der Waals surface area contributed by atoms with Gasteiger partial charge in [0.1, 0.15) is 17.9 Å². The van der Waals surface area contributed by atoms with Gasteiger partial charge in [-0.1, -0.05) is 44.6 Å². The molecule has 13 atom stereocenters. The average molecular weight is 788 g/mol. The Hall–Kier alpha value is -2.74. The third-order valence-corrected chi connectivity index (χ3v) is 12.9. The van der Waals surface area contributed by atoms with E-state index in [-0.39, 0.29) is 49.2 Å². The summed E-state index contributed by atoms with van der Waals surface area (Å²) in [5.41, 5.74) is 1.73. The molecule has 3 aliphatic heterocycles. The van der Waals surface area contributed by atoms with E-state index in [0.717, 1.165) is 18.4 Å². The van der Waals surface area contributed by atoms with Crippen LogP contribution in [0.1, 0.15) is 112 Å². The highest BCUT2D eigenvalue weighted by atomic mass is 16.7. The quantitative estimate of drug-likeness (QED) is 0.186. The van der Waals surface area contributed by atoms with Crippen LogP contribution in [0, 0.1) is 29.6 Å². The molecule has 3 heterocycles. The van der Waals surface area contributed by atoms with Gasteiger partial charge < -0.3 is 38.8 Å². The van der Waals surface area contributed by atoms with Gasteiger partial charge in [-0.05, 0) is 102 Å². The third kappa shape index (κ3) is 11.0. The second kappa shape index (κ2) is 20.8. The summed E-state index contributed by atoms with van der Waals surface area (Å²) in [4.78, 5) is 57.6. The smallest absolute Gasteiger partial charge is 0.329 e. The monoisotopic (exact) mass is 787 g/mol. The summed E-state index contributed by atoms with van der Waals surface area (Å²) in [6, 6.07) is -1.10. The minimum absolute atomic E-state index is 0.0296. The van der Waals surface area contributed by atoms with Gasteiger partial charge in [0.2, 0.25) is 5.79 Å². The Balaban J connectivity index is 1.74. The molecule has 0 spiro atoms. The molecule has 0 aromatic heterocycles. The summed E-state index contributed by atoms with van der Waals surface area (Å²) in [5, 5.41) is 23.6. The number of Topliss-reactive ketones (excluding diaryl/α,β-unsaturated/α-hetero) is 2. The number of allylic oxidation sites excluding steroid dienone is 4. The largest absolute Gasteiger partial charge is 0.456 e. The molecule has 2 bridgehead atoms. The zero-order valence-corrected chi connectivity index (χ0v) is 35.1. The lowest BCUT2D eigenvalue weighted by molar-refractivity contribution is -0.287. The maximum absolute atomic E-state index is 14.3. The van der Waals surface area contributed by atoms with Crippen LogP contribution in [0.15, 0.2) is 36.0 Å². The summed E-state index contributed by atoms with van der Waals surface area (Å²) >= 11 is 0. The van der Waals surface area contributed by atoms with Crippen molar-refractivity contribution in [2.45, 2.75) is 160 Å². The number of aliphatic hydroxyl groups excluding tert-OH is 1. The molecule has 3 fully saturated rings. The van der Waals surface area contributed by atoms with Gasteiger partial charge in [0, 0.05) is 52.0 Å². The van der Waals surface area contributed by atoms with Crippen LogP contribution in [-0.2, 0) is 42.9 Å². The van der Waals surface area contributed by atoms with E-state index in [2.05, 4.69) is 19.6 Å². The predicted molar refractivity (Wildman–Crippen MR) is 211 cm³/mol. The Morgan fingerprint density at radius 3 is 2.30 bits per heavy atom. The molecule has 12 nitrogen and oxygen atoms in total. The summed E-state index contributed by atoms with van der Waals surface area (Å²) < 4.78 is 29.6. The third-order valence-electron chi connectivity index (χ3n) is 12.9. The van der Waals surface area contributed by atoms with Crippen LogP contribution in [-0.4, -0.2) is 115 Å². The lowest BCUT2D eigenvalue weighted by atomic mass is 9.81. The van der Waals surface area contributed by atoms with Gasteiger partial charge in [0.15, 0.2) is 0 Å². The van der Waals surface area contributed by atoms with E-state index in [4.69, 9.17) is 23.7 Å². The highest BCUT2D eigenvalue weighted by molar-refractivity contribution is 6.39. The standard InChI is InChI=1S/C44H69NO11/c1-10-13-32-21-27(3)20-26(2)15-17-37-38(53-8)23-29(5)44(51,56-37)41(48)42(49)45-19-12-11-14-33(45)43(50)55-40(30(6)34(46)25-35(32)47)28(4)22-31-16-18-36(52-7)39(24-31)54-9/h10,21-22,26,29-34,36-40,46,51H,1,11-20,23-25H2,2-9H3/b27-21+,28-22+/t26-,29-,30-,31+,32-,33+,34+,36-,37-,38+,39-,40-,44-/m1/s1. The summed E-state index contributed by atoms with van der Waals surface area (Å²) in [5.74, 6) is -7.05. The number of hydrogen-bond donors (Lipinski definition) is 2. The molecule has 2 N–H and O–H groups in total. The Labute approximate surface area is 334 Å². The maximum atomic E-state index is 14.3. The van der Waals surface area contributed by atoms with E-state index in [1.807, 2.05) is 19.9 Å². The van der Waals surface area contributed by atoms with Crippen molar-refractivity contribution in [3.05, 3.63) is 36.0 Å². The molecular formula is C44H69NO11. The molecule has 0 aromatic rings. The van der Waals surface area contributed by atoms with Crippen LogP contribution in [0.3, 0.4) is 0 Å². The molecule has 1 aliphatic carbocycles. The number of ether oxygens (including phenoxy) is 5. The molecule has 12 heteroatoms. The first kappa shape index (κ1) is 46.0. The van der Waals surface area contributed by atoms with E-state index in [0.29, 0.717) is 56.9 Å². The van der Waals surface area contributed by atoms with Crippen molar-refractivity contribution in [2.24, 2.45) is 29.6 Å². The second-order valence-corrected chi connectivity index (χ2v) is 17.1. The number of esters is 1. The number of hydrogen-bond acceptors (Lipinski definition) is 11. The van der Waals surface area contributed by atoms with Crippen molar-refractivity contribution < 1.29 is 53.1 Å². The van der Waals surface area contributed by atoms with E-state index < -0.39 is 71.7 Å². The van der Waals surface area contributed by atoms with Crippen LogP contribution >= 0.6 is 0 Å². The number of aliphatic hydroxyl groups is 2. The summed E-state index contributed by atoms with van der Waals surface area (Å²) in [6.07, 6.45) is 8.57. The lowest BCUT2D eigenvalue weighted by Crippen LogP contribution is -2.62. The Morgan fingerprint density at radius 1 is 0.946 bits per heavy atom. The summed E-state index contributed by atoms with van der Waals surface area (Å²) in [6.45, 7) is 13.4. The fourth-order valence-corrected chi connectivity index (χ4v) is 9.37. The van der Waals surface area contributed by atoms with E-state index in [1.54, 1.807) is 41.3 Å². The molecule has 56 heavy (non-hydrogen) atoms. The first-order valence-corrected chi connectivity index (χ1v) is 20.8. The van der Waals surface area contributed by atoms with Gasteiger partial charge in [-0.25, -0.2) is 4.79 Å². The number of ketones is 2. The first-order valence-electron chi connectivity index (χ1n) is 20.8. The highest BCUT2D eigenvalue weighted by Gasteiger charge is 2.55. The molecular weight excluding hydrogens is 718 g/mol. The van der Waals surface area contributed by atoms with Gasteiger partial charge in [-0.3, -0.25) is 14.4 Å². The van der Waals surface area contributed by atoms with Crippen LogP contribution < -0.4 is 0 Å². The number of nitrogens with zero attached hydrogens (tertiary/aromatic N) is 1. The van der Waals surface area contributed by atoms with Crippen molar-refractivity contribution >= 4 is 23.4 Å². The molecule has 0 radical (unpaired) electrons. The molecule has 0 aromatic carbocycles. The second-order valence-electron chi connectivity index (χ2n) is 17.1. The number of carbonyl (C=O) groups excluding carboxylic acids is 4. The van der Waals surface area contributed by atoms with Crippen LogP contribution in [0.5, 0.6) is 0 Å². The summed E-state index contributed by atoms with van der Waals surface area (Å²) in [7, 11) is 4.91. The van der Waals surface area contributed by atoms with Gasteiger partial charge >= 0.3 is 5.97 Å². The zero-order valence-electron chi connectivity index (χ0n) is 35.1. The zero-order chi connectivity index (χ0) is 41.3. The molecule has 316 valence electrons. The number of carbonyl (C=O) groups is 4. The van der Waals surface area contributed by atoms with Crippen LogP contribution in [0.4, 0.5) is 0 Å². The van der Waals surface area contributed by atoms with E-state index in [9.17, 15) is 29.4 Å². The lowest BCUT2D eigenvalue weighted by Gasteiger charge is -2.45.